The molecule has 0 aliphatic rings. The van der Waals surface area contributed by atoms with Gasteiger partial charge < -0.3 is 4.57 Å². The van der Waals surface area contributed by atoms with Gasteiger partial charge in [0.05, 0.1) is 5.69 Å². The maximum atomic E-state index is 5.88. The predicted octanol–water partition coefficient (Wildman–Crippen LogP) is 3.74. The molecular weight excluding hydrogens is 300 g/mol. The molecule has 19 heavy (non-hydrogen) atoms. The first kappa shape index (κ1) is 12.7. The second-order valence-electron chi connectivity index (χ2n) is 3.83. The second kappa shape index (κ2) is 5.32. The topological polar surface area (TPSA) is 43.6 Å². The second-order valence-corrected chi connectivity index (χ2v) is 6.34. The standard InChI is InChI=1S/C12H9ClN4S2/c1-17-7-14-16-11(17)19-12-15-10(6-18-12)8-2-4-9(13)5-3-8/h2-7H,1H3. The lowest BCUT2D eigenvalue weighted by atomic mass is 10.2. The summed E-state index contributed by atoms with van der Waals surface area (Å²) >= 11 is 8.98. The molecule has 0 amide bonds. The van der Waals surface area contributed by atoms with Gasteiger partial charge >= 0.3 is 0 Å². The highest BCUT2D eigenvalue weighted by Crippen LogP contribution is 2.32. The van der Waals surface area contributed by atoms with Crippen molar-refractivity contribution in [2.75, 3.05) is 0 Å². The van der Waals surface area contributed by atoms with Gasteiger partial charge in [-0.3, -0.25) is 0 Å². The van der Waals surface area contributed by atoms with Crippen molar-refractivity contribution < 1.29 is 0 Å². The average molecular weight is 309 g/mol. The Morgan fingerprint density at radius 1 is 1.26 bits per heavy atom. The zero-order chi connectivity index (χ0) is 13.2. The summed E-state index contributed by atoms with van der Waals surface area (Å²) in [6.07, 6.45) is 1.68. The molecule has 0 saturated heterocycles. The van der Waals surface area contributed by atoms with Gasteiger partial charge in [0.15, 0.2) is 9.50 Å². The van der Waals surface area contributed by atoms with E-state index in [1.54, 1.807) is 17.7 Å². The first-order valence-corrected chi connectivity index (χ1v) is 7.53. The lowest BCUT2D eigenvalue weighted by Crippen LogP contribution is -1.87. The van der Waals surface area contributed by atoms with Crippen LogP contribution in [0.15, 0.2) is 45.5 Å². The van der Waals surface area contributed by atoms with Gasteiger partial charge in [-0.1, -0.05) is 23.7 Å². The van der Waals surface area contributed by atoms with Crippen molar-refractivity contribution in [3.63, 3.8) is 0 Å². The van der Waals surface area contributed by atoms with E-state index >= 15 is 0 Å². The fourth-order valence-corrected chi connectivity index (χ4v) is 3.32. The summed E-state index contributed by atoms with van der Waals surface area (Å²) in [6, 6.07) is 7.67. The smallest absolute Gasteiger partial charge is 0.197 e. The molecule has 2 aromatic heterocycles. The van der Waals surface area contributed by atoms with Crippen LogP contribution in [0.25, 0.3) is 11.3 Å². The van der Waals surface area contributed by atoms with Crippen LogP contribution >= 0.6 is 34.7 Å². The molecule has 0 aliphatic carbocycles. The Hall–Kier alpha value is -1.37. The first-order valence-electron chi connectivity index (χ1n) is 5.46. The number of benzene rings is 1. The van der Waals surface area contributed by atoms with Crippen LogP contribution in [0.3, 0.4) is 0 Å². The number of hydrogen-bond donors (Lipinski definition) is 0. The SMILES string of the molecule is Cn1cnnc1Sc1nc(-c2ccc(Cl)cc2)cs1. The van der Waals surface area contributed by atoms with Crippen molar-refractivity contribution in [1.82, 2.24) is 19.7 Å². The minimum absolute atomic E-state index is 0.729. The maximum absolute atomic E-state index is 5.88. The highest BCUT2D eigenvalue weighted by atomic mass is 35.5. The molecule has 0 fully saturated rings. The van der Waals surface area contributed by atoms with E-state index in [-0.39, 0.29) is 0 Å². The Morgan fingerprint density at radius 3 is 2.74 bits per heavy atom. The predicted molar refractivity (Wildman–Crippen MR) is 77.7 cm³/mol. The zero-order valence-electron chi connectivity index (χ0n) is 9.95. The number of hydrogen-bond acceptors (Lipinski definition) is 5. The van der Waals surface area contributed by atoms with Crippen molar-refractivity contribution in [1.29, 1.82) is 0 Å². The molecule has 0 unspecified atom stereocenters. The van der Waals surface area contributed by atoms with E-state index in [0.717, 1.165) is 25.8 Å². The summed E-state index contributed by atoms with van der Waals surface area (Å²) in [7, 11) is 1.91. The van der Waals surface area contributed by atoms with E-state index in [1.807, 2.05) is 41.3 Å². The number of rotatable bonds is 3. The van der Waals surface area contributed by atoms with Crippen molar-refractivity contribution in [2.45, 2.75) is 9.50 Å². The first-order chi connectivity index (χ1) is 9.22. The van der Waals surface area contributed by atoms with Gasteiger partial charge in [0, 0.05) is 23.0 Å². The summed E-state index contributed by atoms with van der Waals surface area (Å²) in [5.74, 6) is 0. The van der Waals surface area contributed by atoms with Gasteiger partial charge in [0.25, 0.3) is 0 Å². The minimum atomic E-state index is 0.729. The molecule has 0 atom stereocenters. The Morgan fingerprint density at radius 2 is 2.05 bits per heavy atom. The van der Waals surface area contributed by atoms with Crippen LogP contribution in [0.2, 0.25) is 5.02 Å². The molecule has 7 heteroatoms. The molecule has 3 aromatic rings. The van der Waals surface area contributed by atoms with E-state index < -0.39 is 0 Å². The van der Waals surface area contributed by atoms with E-state index in [0.29, 0.717) is 0 Å². The lowest BCUT2D eigenvalue weighted by Gasteiger charge is -1.97. The third-order valence-electron chi connectivity index (χ3n) is 2.47. The van der Waals surface area contributed by atoms with Crippen LogP contribution < -0.4 is 0 Å². The highest BCUT2D eigenvalue weighted by Gasteiger charge is 2.09. The maximum Gasteiger partial charge on any atom is 0.197 e. The van der Waals surface area contributed by atoms with Crippen LogP contribution in [-0.4, -0.2) is 19.7 Å². The molecule has 0 N–H and O–H groups in total. The monoisotopic (exact) mass is 308 g/mol. The molecule has 0 aliphatic heterocycles. The van der Waals surface area contributed by atoms with Crippen LogP contribution in [0.5, 0.6) is 0 Å². The number of aryl methyl sites for hydroxylation is 1. The molecule has 2 heterocycles. The fraction of sp³-hybridized carbons (Fsp3) is 0.0833. The zero-order valence-corrected chi connectivity index (χ0v) is 12.3. The molecule has 0 saturated carbocycles. The molecule has 96 valence electrons. The molecule has 0 spiro atoms. The van der Waals surface area contributed by atoms with Gasteiger partial charge in [0.1, 0.15) is 6.33 Å². The number of nitrogens with zero attached hydrogens (tertiary/aromatic N) is 4. The number of halogens is 1. The number of thiazole rings is 1. The van der Waals surface area contributed by atoms with Crippen molar-refractivity contribution in [3.8, 4) is 11.3 Å². The van der Waals surface area contributed by atoms with Crippen molar-refractivity contribution in [2.24, 2.45) is 7.05 Å². The summed E-state index contributed by atoms with van der Waals surface area (Å²) in [4.78, 5) is 4.58. The lowest BCUT2D eigenvalue weighted by molar-refractivity contribution is 0.788. The molecule has 4 nitrogen and oxygen atoms in total. The Bertz CT molecular complexity index is 690. The quantitative estimate of drug-likeness (QED) is 0.739. The van der Waals surface area contributed by atoms with Gasteiger partial charge in [-0.25, -0.2) is 4.98 Å². The third-order valence-corrected chi connectivity index (χ3v) is 4.71. The minimum Gasteiger partial charge on any atom is -0.311 e. The molecule has 3 rings (SSSR count). The van der Waals surface area contributed by atoms with E-state index in [9.17, 15) is 0 Å². The van der Waals surface area contributed by atoms with Crippen LogP contribution in [0.4, 0.5) is 0 Å². The van der Waals surface area contributed by atoms with E-state index in [1.165, 1.54) is 11.8 Å². The number of aromatic nitrogens is 4. The van der Waals surface area contributed by atoms with Crippen molar-refractivity contribution >= 4 is 34.7 Å². The van der Waals surface area contributed by atoms with Gasteiger partial charge in [-0.05, 0) is 23.9 Å². The van der Waals surface area contributed by atoms with Crippen LogP contribution in [0, 0.1) is 0 Å². The summed E-state index contributed by atoms with van der Waals surface area (Å²) in [5, 5.41) is 11.5. The normalized spacial score (nSPS) is 10.8. The fourth-order valence-electron chi connectivity index (χ4n) is 1.50. The summed E-state index contributed by atoms with van der Waals surface area (Å²) in [6.45, 7) is 0. The summed E-state index contributed by atoms with van der Waals surface area (Å²) < 4.78 is 2.81. The van der Waals surface area contributed by atoms with Gasteiger partial charge in [-0.2, -0.15) is 0 Å². The third kappa shape index (κ3) is 2.80. The van der Waals surface area contributed by atoms with E-state index in [4.69, 9.17) is 11.6 Å². The largest absolute Gasteiger partial charge is 0.311 e. The molecule has 0 bridgehead atoms. The highest BCUT2D eigenvalue weighted by molar-refractivity contribution is 8.00. The summed E-state index contributed by atoms with van der Waals surface area (Å²) in [5.41, 5.74) is 2.01. The molecule has 1 aromatic carbocycles. The molecule has 0 radical (unpaired) electrons. The van der Waals surface area contributed by atoms with Crippen LogP contribution in [-0.2, 0) is 7.05 Å². The Labute approximate surface area is 123 Å². The van der Waals surface area contributed by atoms with Gasteiger partial charge in [-0.15, -0.1) is 21.5 Å². The van der Waals surface area contributed by atoms with Gasteiger partial charge in [0.2, 0.25) is 0 Å². The van der Waals surface area contributed by atoms with Crippen molar-refractivity contribution in [3.05, 3.63) is 41.0 Å². The average Bonchev–Trinajstić information content (AvgIpc) is 3.01. The Balaban J connectivity index is 1.83. The van der Waals surface area contributed by atoms with Crippen LogP contribution in [0.1, 0.15) is 0 Å². The van der Waals surface area contributed by atoms with E-state index in [2.05, 4.69) is 15.2 Å². The Kier molecular flexibility index (Phi) is 3.54. The molecular formula is C12H9ClN4S2.